The van der Waals surface area contributed by atoms with Crippen LogP contribution in [-0.2, 0) is 16.0 Å². The lowest BCUT2D eigenvalue weighted by atomic mass is 9.94. The van der Waals surface area contributed by atoms with E-state index in [1.54, 1.807) is 0 Å². The smallest absolute Gasteiger partial charge is 0.237 e. The first-order valence-corrected chi connectivity index (χ1v) is 7.68. The number of aryl methyl sites for hydroxylation is 1. The molecule has 21 heavy (non-hydrogen) atoms. The third-order valence-electron chi connectivity index (χ3n) is 3.66. The topological polar surface area (TPSA) is 64.3 Å². The van der Waals surface area contributed by atoms with Crippen LogP contribution >= 0.6 is 0 Å². The van der Waals surface area contributed by atoms with Gasteiger partial charge >= 0.3 is 0 Å². The summed E-state index contributed by atoms with van der Waals surface area (Å²) in [5.41, 5.74) is 6.10. The number of benzene rings is 1. The molecular weight excluding hydrogens is 264 g/mol. The number of likely N-dealkylation sites (N-methyl/N-ethyl adjacent to an activating group) is 1. The zero-order valence-corrected chi connectivity index (χ0v) is 13.4. The molecule has 1 aromatic carbocycles. The molecule has 118 valence electrons. The van der Waals surface area contributed by atoms with Gasteiger partial charge in [-0.05, 0) is 38.8 Å². The molecule has 2 unspecified atom stereocenters. The summed E-state index contributed by atoms with van der Waals surface area (Å²) < 4.78 is 5.81. The fourth-order valence-electron chi connectivity index (χ4n) is 2.49. The van der Waals surface area contributed by atoms with Gasteiger partial charge in [-0.2, -0.15) is 0 Å². The second-order valence-corrected chi connectivity index (χ2v) is 5.70. The molecule has 0 aliphatic carbocycles. The van der Waals surface area contributed by atoms with E-state index in [1.807, 2.05) is 39.0 Å². The van der Waals surface area contributed by atoms with Crippen molar-refractivity contribution in [2.24, 2.45) is 5.73 Å². The van der Waals surface area contributed by atoms with Crippen LogP contribution in [0, 0.1) is 0 Å². The van der Waals surface area contributed by atoms with E-state index >= 15 is 0 Å². The highest BCUT2D eigenvalue weighted by molar-refractivity contribution is 5.84. The molecule has 4 heteroatoms. The average molecular weight is 292 g/mol. The lowest BCUT2D eigenvalue weighted by Gasteiger charge is -2.29. The first kappa shape index (κ1) is 17.7. The molecule has 0 aromatic heterocycles. The maximum absolute atomic E-state index is 11.6. The first-order chi connectivity index (χ1) is 9.98. The monoisotopic (exact) mass is 292 g/mol. The van der Waals surface area contributed by atoms with E-state index in [2.05, 4.69) is 17.4 Å². The summed E-state index contributed by atoms with van der Waals surface area (Å²) in [4.78, 5) is 11.6. The van der Waals surface area contributed by atoms with Crippen LogP contribution in [0.1, 0.15) is 39.2 Å². The summed E-state index contributed by atoms with van der Waals surface area (Å²) in [6.07, 6.45) is 2.57. The van der Waals surface area contributed by atoms with Gasteiger partial charge in [-0.15, -0.1) is 0 Å². The summed E-state index contributed by atoms with van der Waals surface area (Å²) in [7, 11) is 0. The number of ether oxygens (including phenoxy) is 1. The van der Waals surface area contributed by atoms with Gasteiger partial charge in [-0.1, -0.05) is 37.3 Å². The highest BCUT2D eigenvalue weighted by atomic mass is 16.5. The largest absolute Gasteiger partial charge is 0.378 e. The number of rotatable bonds is 10. The van der Waals surface area contributed by atoms with Gasteiger partial charge in [0.05, 0.1) is 11.6 Å². The number of hydrogen-bond acceptors (Lipinski definition) is 3. The molecule has 0 heterocycles. The van der Waals surface area contributed by atoms with Crippen molar-refractivity contribution in [2.45, 2.75) is 51.7 Å². The molecule has 0 bridgehead atoms. The lowest BCUT2D eigenvalue weighted by Crippen LogP contribution is -2.54. The molecule has 2 atom stereocenters. The Balaban J connectivity index is 2.30. The number of primary amides is 1. The van der Waals surface area contributed by atoms with Crippen LogP contribution in [0.3, 0.4) is 0 Å². The maximum atomic E-state index is 11.6. The molecule has 0 radical (unpaired) electrons. The molecule has 0 saturated heterocycles. The molecule has 0 saturated carbocycles. The van der Waals surface area contributed by atoms with Crippen molar-refractivity contribution in [2.75, 3.05) is 13.2 Å². The Bertz CT molecular complexity index is 422. The molecular formula is C17H28N2O2. The molecule has 0 aliphatic rings. The van der Waals surface area contributed by atoms with Gasteiger partial charge < -0.3 is 15.8 Å². The SMILES string of the molecule is CCNC(C)(CC(C)OCCCc1ccccc1)C(N)=O. The zero-order valence-electron chi connectivity index (χ0n) is 13.4. The molecule has 0 spiro atoms. The normalized spacial score (nSPS) is 15.4. The number of amides is 1. The number of hydrogen-bond donors (Lipinski definition) is 2. The Morgan fingerprint density at radius 2 is 2.05 bits per heavy atom. The zero-order chi connectivity index (χ0) is 15.7. The summed E-state index contributed by atoms with van der Waals surface area (Å²) in [5.74, 6) is -0.330. The van der Waals surface area contributed by atoms with Gasteiger partial charge in [0.25, 0.3) is 0 Å². The molecule has 1 rings (SSSR count). The fourth-order valence-corrected chi connectivity index (χ4v) is 2.49. The number of nitrogens with two attached hydrogens (primary N) is 1. The Labute approximate surface area is 128 Å². The highest BCUT2D eigenvalue weighted by Gasteiger charge is 2.31. The van der Waals surface area contributed by atoms with Crippen molar-refractivity contribution in [3.8, 4) is 0 Å². The van der Waals surface area contributed by atoms with Gasteiger partial charge in [-0.25, -0.2) is 0 Å². The molecule has 0 fully saturated rings. The minimum absolute atomic E-state index is 0.00248. The van der Waals surface area contributed by atoms with Gasteiger partial charge in [0.2, 0.25) is 5.91 Å². The summed E-state index contributed by atoms with van der Waals surface area (Å²) in [5, 5.41) is 3.15. The van der Waals surface area contributed by atoms with E-state index in [0.29, 0.717) is 19.6 Å². The standard InChI is InChI=1S/C17H28N2O2/c1-4-19-17(3,16(18)20)13-14(2)21-12-8-11-15-9-6-5-7-10-15/h5-7,9-10,14,19H,4,8,11-13H2,1-3H3,(H2,18,20). The number of carbonyl (C=O) groups excluding carboxylic acids is 1. The summed E-state index contributed by atoms with van der Waals surface area (Å²) in [6.45, 7) is 7.19. The number of nitrogens with one attached hydrogen (secondary N) is 1. The van der Waals surface area contributed by atoms with Crippen LogP contribution < -0.4 is 11.1 Å². The summed E-state index contributed by atoms with van der Waals surface area (Å²) >= 11 is 0. The fraction of sp³-hybridized carbons (Fsp3) is 0.588. The van der Waals surface area contributed by atoms with Crippen molar-refractivity contribution in [3.63, 3.8) is 0 Å². The van der Waals surface area contributed by atoms with Gasteiger partial charge in [0.1, 0.15) is 0 Å². The van der Waals surface area contributed by atoms with Crippen molar-refractivity contribution in [1.82, 2.24) is 5.32 Å². The molecule has 0 aliphatic heterocycles. The molecule has 1 aromatic rings. The van der Waals surface area contributed by atoms with E-state index in [9.17, 15) is 4.79 Å². The van der Waals surface area contributed by atoms with Crippen LogP contribution in [0.25, 0.3) is 0 Å². The Morgan fingerprint density at radius 1 is 1.38 bits per heavy atom. The van der Waals surface area contributed by atoms with E-state index in [4.69, 9.17) is 10.5 Å². The summed E-state index contributed by atoms with van der Waals surface area (Å²) in [6, 6.07) is 10.4. The highest BCUT2D eigenvalue weighted by Crippen LogP contribution is 2.14. The van der Waals surface area contributed by atoms with Gasteiger partial charge in [0.15, 0.2) is 0 Å². The van der Waals surface area contributed by atoms with Gasteiger partial charge in [-0.3, -0.25) is 4.79 Å². The van der Waals surface area contributed by atoms with E-state index in [-0.39, 0.29) is 12.0 Å². The van der Waals surface area contributed by atoms with Crippen molar-refractivity contribution >= 4 is 5.91 Å². The Hall–Kier alpha value is -1.39. The quantitative estimate of drug-likeness (QED) is 0.650. The van der Waals surface area contributed by atoms with Crippen LogP contribution in [0.5, 0.6) is 0 Å². The minimum Gasteiger partial charge on any atom is -0.378 e. The van der Waals surface area contributed by atoms with Crippen molar-refractivity contribution in [1.29, 1.82) is 0 Å². The van der Waals surface area contributed by atoms with E-state index < -0.39 is 5.54 Å². The van der Waals surface area contributed by atoms with Gasteiger partial charge in [0, 0.05) is 13.0 Å². The van der Waals surface area contributed by atoms with Crippen LogP contribution in [0.15, 0.2) is 30.3 Å². The van der Waals surface area contributed by atoms with Crippen molar-refractivity contribution < 1.29 is 9.53 Å². The second kappa shape index (κ2) is 8.80. The van der Waals surface area contributed by atoms with Crippen LogP contribution in [0.4, 0.5) is 0 Å². The van der Waals surface area contributed by atoms with Crippen molar-refractivity contribution in [3.05, 3.63) is 35.9 Å². The minimum atomic E-state index is -0.701. The third kappa shape index (κ3) is 6.27. The molecule has 1 amide bonds. The number of carbonyl (C=O) groups is 1. The second-order valence-electron chi connectivity index (χ2n) is 5.70. The lowest BCUT2D eigenvalue weighted by molar-refractivity contribution is -0.125. The Morgan fingerprint density at radius 3 is 2.62 bits per heavy atom. The predicted octanol–water partition coefficient (Wildman–Crippen LogP) is 2.27. The van der Waals surface area contributed by atoms with E-state index in [0.717, 1.165) is 12.8 Å². The molecule has 4 nitrogen and oxygen atoms in total. The van der Waals surface area contributed by atoms with Crippen LogP contribution in [0.2, 0.25) is 0 Å². The third-order valence-corrected chi connectivity index (χ3v) is 3.66. The first-order valence-electron chi connectivity index (χ1n) is 7.68. The van der Waals surface area contributed by atoms with E-state index in [1.165, 1.54) is 5.56 Å². The molecule has 3 N–H and O–H groups in total. The Kier molecular flexibility index (Phi) is 7.40. The predicted molar refractivity (Wildman–Crippen MR) is 86.1 cm³/mol. The average Bonchev–Trinajstić information content (AvgIpc) is 2.45. The maximum Gasteiger partial charge on any atom is 0.237 e. The van der Waals surface area contributed by atoms with Crippen LogP contribution in [-0.4, -0.2) is 30.7 Å².